The van der Waals surface area contributed by atoms with Crippen molar-refractivity contribution in [3.05, 3.63) is 44.5 Å². The molecule has 2 rings (SSSR count). The summed E-state index contributed by atoms with van der Waals surface area (Å²) in [7, 11) is 0. The van der Waals surface area contributed by atoms with Crippen LogP contribution in [-0.4, -0.2) is 14.8 Å². The second-order valence-corrected chi connectivity index (χ2v) is 6.10. The topological polar surface area (TPSA) is 50.7 Å². The number of aromatic nitrogens is 3. The van der Waals surface area contributed by atoms with Crippen molar-refractivity contribution in [3.8, 4) is 0 Å². The van der Waals surface area contributed by atoms with E-state index >= 15 is 0 Å². The van der Waals surface area contributed by atoms with Gasteiger partial charge in [0.2, 0.25) is 0 Å². The molecule has 0 fully saturated rings. The highest BCUT2D eigenvalue weighted by molar-refractivity contribution is 9.10. The quantitative estimate of drug-likeness (QED) is 0.864. The average molecular weight is 346 g/mol. The number of hydrogen-bond donors (Lipinski definition) is 1. The summed E-state index contributed by atoms with van der Waals surface area (Å²) in [5.41, 5.74) is 0.743. The molecule has 1 aromatic heterocycles. The average Bonchev–Trinajstić information content (AvgIpc) is 2.69. The lowest BCUT2D eigenvalue weighted by atomic mass is 10.2. The van der Waals surface area contributed by atoms with E-state index in [1.807, 2.05) is 13.8 Å². The predicted molar refractivity (Wildman–Crippen MR) is 76.9 cm³/mol. The minimum Gasteiger partial charge on any atom is -0.268 e. The molecule has 0 atom stereocenters. The first kappa shape index (κ1) is 14.3. The van der Waals surface area contributed by atoms with E-state index in [9.17, 15) is 9.18 Å². The number of thioether (sulfide) groups is 1. The van der Waals surface area contributed by atoms with E-state index in [0.717, 1.165) is 5.56 Å². The Morgan fingerprint density at radius 2 is 2.26 bits per heavy atom. The molecule has 2 aromatic rings. The summed E-state index contributed by atoms with van der Waals surface area (Å²) in [6.07, 6.45) is 0. The molecule has 19 heavy (non-hydrogen) atoms. The second-order valence-electron chi connectivity index (χ2n) is 4.30. The fraction of sp³-hybridized carbons (Fsp3) is 0.333. The van der Waals surface area contributed by atoms with Gasteiger partial charge in [-0.25, -0.2) is 14.3 Å². The van der Waals surface area contributed by atoms with Gasteiger partial charge in [0.25, 0.3) is 0 Å². The van der Waals surface area contributed by atoms with E-state index in [0.29, 0.717) is 15.4 Å². The number of halogens is 2. The summed E-state index contributed by atoms with van der Waals surface area (Å²) in [6.45, 7) is 3.85. The Kier molecular flexibility index (Phi) is 4.46. The van der Waals surface area contributed by atoms with Gasteiger partial charge >= 0.3 is 5.69 Å². The lowest BCUT2D eigenvalue weighted by Crippen LogP contribution is -2.19. The van der Waals surface area contributed by atoms with Crippen LogP contribution >= 0.6 is 27.7 Å². The van der Waals surface area contributed by atoms with Crippen LogP contribution < -0.4 is 5.69 Å². The van der Waals surface area contributed by atoms with Crippen LogP contribution in [0.2, 0.25) is 0 Å². The molecule has 0 aliphatic carbocycles. The van der Waals surface area contributed by atoms with Crippen molar-refractivity contribution < 1.29 is 4.39 Å². The van der Waals surface area contributed by atoms with Crippen LogP contribution in [0.1, 0.15) is 25.5 Å². The van der Waals surface area contributed by atoms with Crippen molar-refractivity contribution >= 4 is 27.7 Å². The van der Waals surface area contributed by atoms with Crippen LogP contribution in [0.4, 0.5) is 4.39 Å². The standard InChI is InChI=1S/C12H13BrFN3OS/c1-7(2)17-11(18)15-16-12(17)19-6-8-3-4-9(14)5-10(8)13/h3-5,7H,6H2,1-2H3,(H,15,18). The molecule has 1 aromatic carbocycles. The number of benzene rings is 1. The summed E-state index contributed by atoms with van der Waals surface area (Å²) >= 11 is 4.76. The van der Waals surface area contributed by atoms with Gasteiger partial charge in [-0.15, -0.1) is 5.10 Å². The zero-order chi connectivity index (χ0) is 14.0. The molecular weight excluding hydrogens is 333 g/mol. The normalized spacial score (nSPS) is 11.2. The molecular formula is C12H13BrFN3OS. The Morgan fingerprint density at radius 3 is 2.89 bits per heavy atom. The minimum atomic E-state index is -0.278. The molecule has 7 heteroatoms. The molecule has 0 aliphatic heterocycles. The van der Waals surface area contributed by atoms with Crippen LogP contribution in [0.5, 0.6) is 0 Å². The molecule has 0 bridgehead atoms. The fourth-order valence-electron chi connectivity index (χ4n) is 1.63. The molecule has 0 unspecified atom stereocenters. The largest absolute Gasteiger partial charge is 0.344 e. The first-order chi connectivity index (χ1) is 8.99. The van der Waals surface area contributed by atoms with Crippen molar-refractivity contribution in [2.75, 3.05) is 0 Å². The maximum atomic E-state index is 13.0. The first-order valence-corrected chi connectivity index (χ1v) is 7.50. The lowest BCUT2D eigenvalue weighted by Gasteiger charge is -2.09. The number of rotatable bonds is 4. The number of H-pyrrole nitrogens is 1. The zero-order valence-corrected chi connectivity index (χ0v) is 12.9. The van der Waals surface area contributed by atoms with Gasteiger partial charge < -0.3 is 0 Å². The summed E-state index contributed by atoms with van der Waals surface area (Å²) in [5.74, 6) is 0.331. The minimum absolute atomic E-state index is 0.0467. The molecule has 0 spiro atoms. The number of nitrogens with one attached hydrogen (secondary N) is 1. The third-order valence-corrected chi connectivity index (χ3v) is 4.30. The highest BCUT2D eigenvalue weighted by atomic mass is 79.9. The van der Waals surface area contributed by atoms with Gasteiger partial charge in [0.05, 0.1) is 0 Å². The SMILES string of the molecule is CC(C)n1c(SCc2ccc(F)cc2Br)n[nH]c1=O. The van der Waals surface area contributed by atoms with E-state index < -0.39 is 0 Å². The third kappa shape index (κ3) is 3.27. The van der Waals surface area contributed by atoms with Crippen molar-refractivity contribution in [2.24, 2.45) is 0 Å². The third-order valence-electron chi connectivity index (χ3n) is 2.56. The Labute approximate surface area is 122 Å². The number of hydrogen-bond acceptors (Lipinski definition) is 3. The maximum Gasteiger partial charge on any atom is 0.344 e. The van der Waals surface area contributed by atoms with Crippen molar-refractivity contribution in [1.82, 2.24) is 14.8 Å². The highest BCUT2D eigenvalue weighted by Crippen LogP contribution is 2.26. The van der Waals surface area contributed by atoms with Crippen molar-refractivity contribution in [2.45, 2.75) is 30.8 Å². The van der Waals surface area contributed by atoms with Crippen LogP contribution in [0.3, 0.4) is 0 Å². The van der Waals surface area contributed by atoms with Gasteiger partial charge in [-0.05, 0) is 31.5 Å². The Balaban J connectivity index is 2.17. The van der Waals surface area contributed by atoms with Crippen LogP contribution in [0, 0.1) is 5.82 Å². The van der Waals surface area contributed by atoms with Crippen molar-refractivity contribution in [3.63, 3.8) is 0 Å². The Morgan fingerprint density at radius 1 is 1.53 bits per heavy atom. The fourth-order valence-corrected chi connectivity index (χ4v) is 3.38. The molecule has 1 heterocycles. The molecule has 1 N–H and O–H groups in total. The molecule has 4 nitrogen and oxygen atoms in total. The van der Waals surface area contributed by atoms with E-state index in [-0.39, 0.29) is 17.5 Å². The maximum absolute atomic E-state index is 13.0. The molecule has 0 amide bonds. The first-order valence-electron chi connectivity index (χ1n) is 5.72. The van der Waals surface area contributed by atoms with Crippen LogP contribution in [0.15, 0.2) is 32.6 Å². The van der Waals surface area contributed by atoms with E-state index in [1.54, 1.807) is 10.6 Å². The van der Waals surface area contributed by atoms with E-state index in [1.165, 1.54) is 23.9 Å². The Bertz CT molecular complexity index is 638. The van der Waals surface area contributed by atoms with E-state index in [4.69, 9.17) is 0 Å². The Hall–Kier alpha value is -1.08. The van der Waals surface area contributed by atoms with Crippen LogP contribution in [0.25, 0.3) is 0 Å². The van der Waals surface area contributed by atoms with Gasteiger partial charge in [-0.3, -0.25) is 4.57 Å². The van der Waals surface area contributed by atoms with Gasteiger partial charge in [0, 0.05) is 16.3 Å². The molecule has 102 valence electrons. The predicted octanol–water partition coefficient (Wildman–Crippen LogP) is 3.35. The van der Waals surface area contributed by atoms with Gasteiger partial charge in [0.1, 0.15) is 5.82 Å². The van der Waals surface area contributed by atoms with E-state index in [2.05, 4.69) is 26.1 Å². The van der Waals surface area contributed by atoms with Gasteiger partial charge in [-0.2, -0.15) is 0 Å². The molecule has 0 aliphatic rings. The van der Waals surface area contributed by atoms with Gasteiger partial charge in [-0.1, -0.05) is 33.8 Å². The summed E-state index contributed by atoms with van der Waals surface area (Å²) in [6, 6.07) is 4.61. The molecule has 0 saturated heterocycles. The van der Waals surface area contributed by atoms with Gasteiger partial charge in [0.15, 0.2) is 5.16 Å². The number of nitrogens with zero attached hydrogens (tertiary/aromatic N) is 2. The second kappa shape index (κ2) is 5.92. The highest BCUT2D eigenvalue weighted by Gasteiger charge is 2.12. The summed E-state index contributed by atoms with van der Waals surface area (Å²) in [5, 5.41) is 7.08. The summed E-state index contributed by atoms with van der Waals surface area (Å²) < 4.78 is 15.3. The molecule has 0 saturated carbocycles. The summed E-state index contributed by atoms with van der Waals surface area (Å²) in [4.78, 5) is 11.6. The van der Waals surface area contributed by atoms with Crippen LogP contribution in [-0.2, 0) is 5.75 Å². The molecule has 0 radical (unpaired) electrons. The number of aromatic amines is 1. The lowest BCUT2D eigenvalue weighted by molar-refractivity contribution is 0.534. The smallest absolute Gasteiger partial charge is 0.268 e. The monoisotopic (exact) mass is 345 g/mol. The van der Waals surface area contributed by atoms with Crippen molar-refractivity contribution in [1.29, 1.82) is 0 Å². The zero-order valence-electron chi connectivity index (χ0n) is 10.5.